The fraction of sp³-hybridized carbons (Fsp3) is 0.174. The molecule has 0 aliphatic carbocycles. The standard InChI is InChI=1S/C23H23FN2O/c1-26(16-19-10-7-12-21(24)15-19)17-23(27)25-22-13-6-5-11-20(22)14-18-8-3-2-4-9-18/h2-13,15H,14,16-17H2,1H3,(H,25,27)/p+1. The number of carbonyl (C=O) groups excluding carboxylic acids is 1. The van der Waals surface area contributed by atoms with Gasteiger partial charge in [-0.15, -0.1) is 0 Å². The molecular weight excluding hydrogens is 339 g/mol. The van der Waals surface area contributed by atoms with Gasteiger partial charge in [0.15, 0.2) is 6.54 Å². The van der Waals surface area contributed by atoms with Crippen LogP contribution in [0.3, 0.4) is 0 Å². The first-order valence-corrected chi connectivity index (χ1v) is 9.07. The lowest BCUT2D eigenvalue weighted by Crippen LogP contribution is -3.08. The predicted molar refractivity (Wildman–Crippen MR) is 106 cm³/mol. The van der Waals surface area contributed by atoms with Crippen molar-refractivity contribution >= 4 is 11.6 Å². The lowest BCUT2D eigenvalue weighted by molar-refractivity contribution is -0.885. The summed E-state index contributed by atoms with van der Waals surface area (Å²) in [6.07, 6.45) is 0.767. The zero-order chi connectivity index (χ0) is 19.1. The molecule has 3 aromatic rings. The predicted octanol–water partition coefficient (Wildman–Crippen LogP) is 3.07. The number of anilines is 1. The van der Waals surface area contributed by atoms with Crippen molar-refractivity contribution in [2.75, 3.05) is 18.9 Å². The molecule has 0 saturated carbocycles. The molecule has 1 amide bonds. The van der Waals surface area contributed by atoms with Crippen LogP contribution >= 0.6 is 0 Å². The summed E-state index contributed by atoms with van der Waals surface area (Å²) in [5.74, 6) is -0.302. The normalized spacial score (nSPS) is 11.8. The van der Waals surface area contributed by atoms with Crippen LogP contribution < -0.4 is 10.2 Å². The van der Waals surface area contributed by atoms with Crippen molar-refractivity contribution in [3.05, 3.63) is 101 Å². The number of nitrogens with one attached hydrogen (secondary N) is 2. The molecule has 0 aromatic heterocycles. The van der Waals surface area contributed by atoms with Gasteiger partial charge in [0, 0.05) is 11.3 Å². The van der Waals surface area contributed by atoms with E-state index >= 15 is 0 Å². The minimum atomic E-state index is -0.250. The van der Waals surface area contributed by atoms with Gasteiger partial charge >= 0.3 is 0 Å². The number of likely N-dealkylation sites (N-methyl/N-ethyl adjacent to an activating group) is 1. The monoisotopic (exact) mass is 363 g/mol. The molecule has 2 N–H and O–H groups in total. The van der Waals surface area contributed by atoms with Crippen LogP contribution in [0.4, 0.5) is 10.1 Å². The molecule has 0 bridgehead atoms. The van der Waals surface area contributed by atoms with Crippen LogP contribution in [0.15, 0.2) is 78.9 Å². The van der Waals surface area contributed by atoms with Crippen LogP contribution in [0.25, 0.3) is 0 Å². The van der Waals surface area contributed by atoms with Gasteiger partial charge in [-0.3, -0.25) is 4.79 Å². The van der Waals surface area contributed by atoms with Crippen LogP contribution in [0, 0.1) is 5.82 Å². The zero-order valence-electron chi connectivity index (χ0n) is 15.4. The molecule has 27 heavy (non-hydrogen) atoms. The summed E-state index contributed by atoms with van der Waals surface area (Å²) in [5.41, 5.74) is 4.00. The molecule has 1 unspecified atom stereocenters. The smallest absolute Gasteiger partial charge is 0.279 e. The average Bonchev–Trinajstić information content (AvgIpc) is 2.64. The van der Waals surface area contributed by atoms with Crippen LogP contribution in [0.1, 0.15) is 16.7 Å². The molecule has 0 heterocycles. The van der Waals surface area contributed by atoms with Gasteiger partial charge in [0.1, 0.15) is 12.4 Å². The van der Waals surface area contributed by atoms with Gasteiger partial charge < -0.3 is 10.2 Å². The Hall–Kier alpha value is -2.98. The van der Waals surface area contributed by atoms with Crippen LogP contribution in [-0.2, 0) is 17.8 Å². The van der Waals surface area contributed by atoms with Crippen molar-refractivity contribution in [1.29, 1.82) is 0 Å². The molecule has 3 rings (SSSR count). The van der Waals surface area contributed by atoms with E-state index in [1.54, 1.807) is 6.07 Å². The average molecular weight is 363 g/mol. The van der Waals surface area contributed by atoms with E-state index in [4.69, 9.17) is 0 Å². The maximum Gasteiger partial charge on any atom is 0.279 e. The van der Waals surface area contributed by atoms with Gasteiger partial charge in [-0.2, -0.15) is 0 Å². The Labute approximate surface area is 159 Å². The number of hydrogen-bond acceptors (Lipinski definition) is 1. The molecule has 0 aliphatic rings. The second-order valence-electron chi connectivity index (χ2n) is 6.81. The third-order valence-electron chi connectivity index (χ3n) is 4.39. The fourth-order valence-corrected chi connectivity index (χ4v) is 3.14. The molecule has 0 saturated heterocycles. The van der Waals surface area contributed by atoms with E-state index in [2.05, 4.69) is 17.4 Å². The van der Waals surface area contributed by atoms with Crippen LogP contribution in [0.2, 0.25) is 0 Å². The summed E-state index contributed by atoms with van der Waals surface area (Å²) in [7, 11) is 1.93. The van der Waals surface area contributed by atoms with Crippen molar-refractivity contribution in [3.8, 4) is 0 Å². The first-order valence-electron chi connectivity index (χ1n) is 9.07. The zero-order valence-corrected chi connectivity index (χ0v) is 15.4. The number of rotatable bonds is 7. The Morgan fingerprint density at radius 2 is 1.63 bits per heavy atom. The highest BCUT2D eigenvalue weighted by molar-refractivity contribution is 5.92. The minimum Gasteiger partial charge on any atom is -0.326 e. The summed E-state index contributed by atoms with van der Waals surface area (Å²) in [6.45, 7) is 0.910. The highest BCUT2D eigenvalue weighted by atomic mass is 19.1. The quantitative estimate of drug-likeness (QED) is 0.665. The summed E-state index contributed by atoms with van der Waals surface area (Å²) in [4.78, 5) is 13.5. The Morgan fingerprint density at radius 1 is 0.926 bits per heavy atom. The van der Waals surface area contributed by atoms with Gasteiger partial charge in [-0.05, 0) is 35.7 Å². The Bertz CT molecular complexity index is 896. The molecule has 4 heteroatoms. The topological polar surface area (TPSA) is 33.5 Å². The third kappa shape index (κ3) is 5.76. The van der Waals surface area contributed by atoms with Crippen molar-refractivity contribution in [2.45, 2.75) is 13.0 Å². The van der Waals surface area contributed by atoms with Crippen molar-refractivity contribution in [1.82, 2.24) is 0 Å². The van der Waals surface area contributed by atoms with E-state index in [1.807, 2.05) is 55.6 Å². The molecule has 3 nitrogen and oxygen atoms in total. The van der Waals surface area contributed by atoms with Gasteiger partial charge in [0.2, 0.25) is 0 Å². The number of carbonyl (C=O) groups is 1. The first kappa shape index (κ1) is 18.8. The Kier molecular flexibility index (Phi) is 6.34. The summed E-state index contributed by atoms with van der Waals surface area (Å²) in [5, 5.41) is 3.03. The Morgan fingerprint density at radius 3 is 2.41 bits per heavy atom. The lowest BCUT2D eigenvalue weighted by atomic mass is 10.0. The Balaban J connectivity index is 1.60. The van der Waals surface area contributed by atoms with E-state index in [1.165, 1.54) is 17.7 Å². The maximum atomic E-state index is 13.3. The molecule has 1 atom stereocenters. The summed E-state index contributed by atoms with van der Waals surface area (Å²) >= 11 is 0. The number of halogens is 1. The number of hydrogen-bond donors (Lipinski definition) is 2. The highest BCUT2D eigenvalue weighted by Crippen LogP contribution is 2.18. The van der Waals surface area contributed by atoms with Gasteiger partial charge in [-0.1, -0.05) is 60.7 Å². The van der Waals surface area contributed by atoms with Crippen LogP contribution in [-0.4, -0.2) is 19.5 Å². The second kappa shape index (κ2) is 9.10. The highest BCUT2D eigenvalue weighted by Gasteiger charge is 2.13. The van der Waals surface area contributed by atoms with Crippen molar-refractivity contribution < 1.29 is 14.1 Å². The van der Waals surface area contributed by atoms with Crippen LogP contribution in [0.5, 0.6) is 0 Å². The van der Waals surface area contributed by atoms with E-state index < -0.39 is 0 Å². The van der Waals surface area contributed by atoms with Gasteiger partial charge in [0.05, 0.1) is 7.05 Å². The molecule has 0 aliphatic heterocycles. The number of quaternary nitrogens is 1. The van der Waals surface area contributed by atoms with Crippen molar-refractivity contribution in [2.24, 2.45) is 0 Å². The number of benzene rings is 3. The number of para-hydroxylation sites is 1. The van der Waals surface area contributed by atoms with E-state index in [9.17, 15) is 9.18 Å². The summed E-state index contributed by atoms with van der Waals surface area (Å²) < 4.78 is 13.3. The molecule has 0 radical (unpaired) electrons. The van der Waals surface area contributed by atoms with Gasteiger partial charge in [-0.25, -0.2) is 4.39 Å². The van der Waals surface area contributed by atoms with Crippen molar-refractivity contribution in [3.63, 3.8) is 0 Å². The maximum absolute atomic E-state index is 13.3. The molecule has 3 aromatic carbocycles. The van der Waals surface area contributed by atoms with Gasteiger partial charge in [0.25, 0.3) is 5.91 Å². The molecule has 0 spiro atoms. The van der Waals surface area contributed by atoms with E-state index in [0.29, 0.717) is 13.1 Å². The molecule has 0 fully saturated rings. The van der Waals surface area contributed by atoms with E-state index in [-0.39, 0.29) is 11.7 Å². The van der Waals surface area contributed by atoms with E-state index in [0.717, 1.165) is 28.1 Å². The molecular formula is C23H24FN2O+. The largest absolute Gasteiger partial charge is 0.326 e. The third-order valence-corrected chi connectivity index (χ3v) is 4.39. The minimum absolute atomic E-state index is 0.0515. The molecule has 138 valence electrons. The second-order valence-corrected chi connectivity index (χ2v) is 6.81. The summed E-state index contributed by atoms with van der Waals surface area (Å²) in [6, 6.07) is 24.6. The first-order chi connectivity index (χ1) is 13.1. The number of amides is 1. The SMILES string of the molecule is C[NH+](CC(=O)Nc1ccccc1Cc1ccccc1)Cc1cccc(F)c1. The lowest BCUT2D eigenvalue weighted by Gasteiger charge is -2.15. The fourth-order valence-electron chi connectivity index (χ4n) is 3.14.